The van der Waals surface area contributed by atoms with Crippen molar-refractivity contribution < 1.29 is 9.59 Å². The lowest BCUT2D eigenvalue weighted by molar-refractivity contribution is -0.141. The molecule has 0 spiro atoms. The van der Waals surface area contributed by atoms with Gasteiger partial charge in [0.05, 0.1) is 12.1 Å². The molecule has 0 aromatic carbocycles. The third-order valence-electron chi connectivity index (χ3n) is 3.37. The second-order valence-electron chi connectivity index (χ2n) is 4.71. The molecule has 98 valence electrons. The van der Waals surface area contributed by atoms with E-state index in [1.54, 1.807) is 11.9 Å². The summed E-state index contributed by atoms with van der Waals surface area (Å²) in [5.74, 6) is -0.0945. The van der Waals surface area contributed by atoms with E-state index in [0.717, 1.165) is 25.8 Å². The average molecular weight is 241 g/mol. The molecule has 0 aromatic heterocycles. The molecule has 0 radical (unpaired) electrons. The third-order valence-corrected chi connectivity index (χ3v) is 3.37. The summed E-state index contributed by atoms with van der Waals surface area (Å²) in [7, 11) is 1.58. The van der Waals surface area contributed by atoms with Crippen molar-refractivity contribution >= 4 is 11.8 Å². The van der Waals surface area contributed by atoms with Gasteiger partial charge in [0.25, 0.3) is 0 Å². The Morgan fingerprint density at radius 1 is 1.41 bits per heavy atom. The lowest BCUT2D eigenvalue weighted by Gasteiger charge is -2.37. The Kier molecular flexibility index (Phi) is 4.93. The first-order valence-corrected chi connectivity index (χ1v) is 6.28. The fourth-order valence-corrected chi connectivity index (χ4v) is 2.17. The molecule has 0 aliphatic carbocycles. The lowest BCUT2D eigenvalue weighted by atomic mass is 9.89. The molecule has 0 saturated carbocycles. The second kappa shape index (κ2) is 6.00. The van der Waals surface area contributed by atoms with E-state index in [4.69, 9.17) is 0 Å². The molecule has 1 aliphatic heterocycles. The van der Waals surface area contributed by atoms with Gasteiger partial charge in [0.1, 0.15) is 0 Å². The predicted octanol–water partition coefficient (Wildman–Crippen LogP) is 0.113. The number of amides is 2. The standard InChI is InChI=1S/C12H23N3O2/c1-4-15(9-10(16)13-3)11(17)12(2)7-5-6-8-14-12/h14H,4-9H2,1-3H3,(H,13,16). The van der Waals surface area contributed by atoms with Gasteiger partial charge in [0.15, 0.2) is 0 Å². The molecular formula is C12H23N3O2. The van der Waals surface area contributed by atoms with E-state index in [9.17, 15) is 9.59 Å². The number of likely N-dealkylation sites (N-methyl/N-ethyl adjacent to an activating group) is 2. The Labute approximate surface area is 103 Å². The van der Waals surface area contributed by atoms with Crippen molar-refractivity contribution in [2.45, 2.75) is 38.6 Å². The first-order valence-electron chi connectivity index (χ1n) is 6.28. The molecular weight excluding hydrogens is 218 g/mol. The van der Waals surface area contributed by atoms with Crippen molar-refractivity contribution in [1.82, 2.24) is 15.5 Å². The molecule has 1 fully saturated rings. The summed E-state index contributed by atoms with van der Waals surface area (Å²) in [6, 6.07) is 0. The number of hydrogen-bond acceptors (Lipinski definition) is 3. The maximum absolute atomic E-state index is 12.4. The van der Waals surface area contributed by atoms with Gasteiger partial charge in [-0.15, -0.1) is 0 Å². The Bertz CT molecular complexity index is 285. The number of carbonyl (C=O) groups is 2. The zero-order valence-corrected chi connectivity index (χ0v) is 11.0. The van der Waals surface area contributed by atoms with Crippen LogP contribution in [0.15, 0.2) is 0 Å². The topological polar surface area (TPSA) is 61.4 Å². The molecule has 0 aromatic rings. The molecule has 5 nitrogen and oxygen atoms in total. The quantitative estimate of drug-likeness (QED) is 0.734. The molecule has 2 N–H and O–H groups in total. The molecule has 1 aliphatic rings. The van der Waals surface area contributed by atoms with Crippen LogP contribution in [-0.2, 0) is 9.59 Å². The summed E-state index contributed by atoms with van der Waals surface area (Å²) in [6.07, 6.45) is 3.02. The predicted molar refractivity (Wildman–Crippen MR) is 66.6 cm³/mol. The average Bonchev–Trinajstić information content (AvgIpc) is 2.35. The molecule has 5 heteroatoms. The van der Waals surface area contributed by atoms with Crippen molar-refractivity contribution in [3.63, 3.8) is 0 Å². The molecule has 1 unspecified atom stereocenters. The number of carbonyl (C=O) groups excluding carboxylic acids is 2. The smallest absolute Gasteiger partial charge is 0.243 e. The van der Waals surface area contributed by atoms with Gasteiger partial charge < -0.3 is 15.5 Å². The molecule has 0 bridgehead atoms. The summed E-state index contributed by atoms with van der Waals surface area (Å²) in [5, 5.41) is 5.83. The van der Waals surface area contributed by atoms with Crippen LogP contribution in [0, 0.1) is 0 Å². The van der Waals surface area contributed by atoms with Crippen molar-refractivity contribution in [3.05, 3.63) is 0 Å². The third kappa shape index (κ3) is 3.43. The molecule has 2 amide bonds. The highest BCUT2D eigenvalue weighted by atomic mass is 16.2. The van der Waals surface area contributed by atoms with E-state index in [2.05, 4.69) is 10.6 Å². The van der Waals surface area contributed by atoms with Crippen molar-refractivity contribution in [2.24, 2.45) is 0 Å². The second-order valence-corrected chi connectivity index (χ2v) is 4.71. The summed E-state index contributed by atoms with van der Waals surface area (Å²) < 4.78 is 0. The molecule has 1 atom stereocenters. The van der Waals surface area contributed by atoms with Crippen LogP contribution in [0.25, 0.3) is 0 Å². The van der Waals surface area contributed by atoms with E-state index in [0.29, 0.717) is 6.54 Å². The van der Waals surface area contributed by atoms with Crippen molar-refractivity contribution in [3.8, 4) is 0 Å². The van der Waals surface area contributed by atoms with E-state index < -0.39 is 5.54 Å². The number of rotatable bonds is 4. The van der Waals surface area contributed by atoms with Crippen LogP contribution in [0.1, 0.15) is 33.1 Å². The Hall–Kier alpha value is -1.10. The highest BCUT2D eigenvalue weighted by Gasteiger charge is 2.37. The van der Waals surface area contributed by atoms with E-state index >= 15 is 0 Å². The fraction of sp³-hybridized carbons (Fsp3) is 0.833. The Balaban J connectivity index is 2.67. The maximum Gasteiger partial charge on any atom is 0.243 e. The van der Waals surface area contributed by atoms with E-state index in [1.807, 2.05) is 13.8 Å². The van der Waals surface area contributed by atoms with Gasteiger partial charge in [-0.3, -0.25) is 9.59 Å². The summed E-state index contributed by atoms with van der Waals surface area (Å²) >= 11 is 0. The van der Waals surface area contributed by atoms with Crippen LogP contribution in [0.2, 0.25) is 0 Å². The minimum absolute atomic E-state index is 0.0308. The number of nitrogens with one attached hydrogen (secondary N) is 2. The molecule has 1 saturated heterocycles. The first kappa shape index (κ1) is 14.0. The van der Waals surface area contributed by atoms with Crippen LogP contribution < -0.4 is 10.6 Å². The minimum atomic E-state index is -0.498. The van der Waals surface area contributed by atoms with Gasteiger partial charge in [-0.25, -0.2) is 0 Å². The molecule has 1 rings (SSSR count). The summed E-state index contributed by atoms with van der Waals surface area (Å²) in [5.41, 5.74) is -0.498. The van der Waals surface area contributed by atoms with Gasteiger partial charge in [0, 0.05) is 13.6 Å². The molecule has 1 heterocycles. The van der Waals surface area contributed by atoms with Gasteiger partial charge in [-0.1, -0.05) is 0 Å². The van der Waals surface area contributed by atoms with Gasteiger partial charge in [-0.2, -0.15) is 0 Å². The van der Waals surface area contributed by atoms with Gasteiger partial charge in [0.2, 0.25) is 11.8 Å². The Morgan fingerprint density at radius 3 is 2.59 bits per heavy atom. The van der Waals surface area contributed by atoms with E-state index in [1.165, 1.54) is 0 Å². The Morgan fingerprint density at radius 2 is 2.12 bits per heavy atom. The number of piperidine rings is 1. The summed E-state index contributed by atoms with van der Waals surface area (Å²) in [4.78, 5) is 25.3. The number of nitrogens with zero attached hydrogens (tertiary/aromatic N) is 1. The van der Waals surface area contributed by atoms with Crippen LogP contribution in [0.4, 0.5) is 0 Å². The number of hydrogen-bond donors (Lipinski definition) is 2. The fourth-order valence-electron chi connectivity index (χ4n) is 2.17. The first-order chi connectivity index (χ1) is 8.03. The van der Waals surface area contributed by atoms with Crippen LogP contribution in [0.5, 0.6) is 0 Å². The lowest BCUT2D eigenvalue weighted by Crippen LogP contribution is -2.59. The normalized spacial score (nSPS) is 24.2. The minimum Gasteiger partial charge on any atom is -0.358 e. The largest absolute Gasteiger partial charge is 0.358 e. The maximum atomic E-state index is 12.4. The highest BCUT2D eigenvalue weighted by molar-refractivity contribution is 5.90. The van der Waals surface area contributed by atoms with Gasteiger partial charge in [-0.05, 0) is 39.7 Å². The zero-order valence-electron chi connectivity index (χ0n) is 11.0. The SMILES string of the molecule is CCN(CC(=O)NC)C(=O)C1(C)CCCCN1. The van der Waals surface area contributed by atoms with Gasteiger partial charge >= 0.3 is 0 Å². The van der Waals surface area contributed by atoms with E-state index in [-0.39, 0.29) is 18.4 Å². The van der Waals surface area contributed by atoms with Crippen LogP contribution in [0.3, 0.4) is 0 Å². The summed E-state index contributed by atoms with van der Waals surface area (Å²) in [6.45, 7) is 5.40. The zero-order chi connectivity index (χ0) is 12.9. The van der Waals surface area contributed by atoms with Crippen LogP contribution in [-0.4, -0.2) is 48.9 Å². The van der Waals surface area contributed by atoms with Crippen molar-refractivity contribution in [2.75, 3.05) is 26.7 Å². The monoisotopic (exact) mass is 241 g/mol. The highest BCUT2D eigenvalue weighted by Crippen LogP contribution is 2.21. The van der Waals surface area contributed by atoms with Crippen LogP contribution >= 0.6 is 0 Å². The van der Waals surface area contributed by atoms with Crippen molar-refractivity contribution in [1.29, 1.82) is 0 Å². The molecule has 17 heavy (non-hydrogen) atoms.